The van der Waals surface area contributed by atoms with Crippen LogP contribution in [-0.2, 0) is 15.9 Å². The van der Waals surface area contributed by atoms with E-state index in [2.05, 4.69) is 4.72 Å². The SMILES string of the molecule is CCCNS(=O)(=O)c1csc(CCl)c1. The number of alkyl halides is 1. The molecule has 0 saturated heterocycles. The van der Waals surface area contributed by atoms with Crippen molar-refractivity contribution in [3.8, 4) is 0 Å². The Hall–Kier alpha value is -0.100. The fourth-order valence-corrected chi connectivity index (χ4v) is 3.41. The molecule has 1 aromatic rings. The zero-order chi connectivity index (χ0) is 10.6. The molecule has 1 rings (SSSR count). The Morgan fingerprint density at radius 1 is 1.57 bits per heavy atom. The van der Waals surface area contributed by atoms with Crippen molar-refractivity contribution in [3.05, 3.63) is 16.3 Å². The highest BCUT2D eigenvalue weighted by Gasteiger charge is 2.14. The fraction of sp³-hybridized carbons (Fsp3) is 0.500. The summed E-state index contributed by atoms with van der Waals surface area (Å²) < 4.78 is 25.6. The number of nitrogens with one attached hydrogen (secondary N) is 1. The first kappa shape index (κ1) is 12.0. The molecule has 0 aromatic carbocycles. The van der Waals surface area contributed by atoms with Crippen LogP contribution in [0.5, 0.6) is 0 Å². The van der Waals surface area contributed by atoms with Crippen LogP contribution < -0.4 is 4.72 Å². The third-order valence-electron chi connectivity index (χ3n) is 1.61. The van der Waals surface area contributed by atoms with Gasteiger partial charge in [-0.3, -0.25) is 0 Å². The van der Waals surface area contributed by atoms with Gasteiger partial charge in [-0.15, -0.1) is 22.9 Å². The largest absolute Gasteiger partial charge is 0.241 e. The normalized spacial score (nSPS) is 11.9. The van der Waals surface area contributed by atoms with Gasteiger partial charge >= 0.3 is 0 Å². The molecule has 1 aromatic heterocycles. The summed E-state index contributed by atoms with van der Waals surface area (Å²) in [6, 6.07) is 1.61. The standard InChI is InChI=1S/C8H12ClNO2S2/c1-2-3-10-14(11,12)8-4-7(5-9)13-6-8/h4,6,10H,2-3,5H2,1H3. The maximum Gasteiger partial charge on any atom is 0.241 e. The van der Waals surface area contributed by atoms with E-state index in [1.54, 1.807) is 11.4 Å². The van der Waals surface area contributed by atoms with Crippen molar-refractivity contribution in [2.45, 2.75) is 24.1 Å². The molecular formula is C8H12ClNO2S2. The molecular weight excluding hydrogens is 242 g/mol. The maximum atomic E-state index is 11.6. The van der Waals surface area contributed by atoms with E-state index < -0.39 is 10.0 Å². The molecule has 0 saturated carbocycles. The van der Waals surface area contributed by atoms with Crippen LogP contribution in [0.1, 0.15) is 18.2 Å². The lowest BCUT2D eigenvalue weighted by molar-refractivity contribution is 0.581. The molecule has 0 spiro atoms. The van der Waals surface area contributed by atoms with Gasteiger partial charge in [0.2, 0.25) is 10.0 Å². The summed E-state index contributed by atoms with van der Waals surface area (Å²) in [7, 11) is -3.31. The van der Waals surface area contributed by atoms with Gasteiger partial charge in [0.25, 0.3) is 0 Å². The summed E-state index contributed by atoms with van der Waals surface area (Å²) in [6.45, 7) is 2.38. The first-order valence-electron chi connectivity index (χ1n) is 4.23. The number of halogens is 1. The molecule has 0 aliphatic carbocycles. The van der Waals surface area contributed by atoms with Gasteiger partial charge in [0.1, 0.15) is 0 Å². The Kier molecular flexibility index (Phi) is 4.37. The van der Waals surface area contributed by atoms with Crippen molar-refractivity contribution < 1.29 is 8.42 Å². The van der Waals surface area contributed by atoms with Crippen LogP contribution in [0, 0.1) is 0 Å². The summed E-state index contributed by atoms with van der Waals surface area (Å²) >= 11 is 6.95. The van der Waals surface area contributed by atoms with Crippen molar-refractivity contribution in [1.82, 2.24) is 4.72 Å². The van der Waals surface area contributed by atoms with Crippen molar-refractivity contribution >= 4 is 33.0 Å². The molecule has 0 bridgehead atoms. The van der Waals surface area contributed by atoms with Gasteiger partial charge < -0.3 is 0 Å². The van der Waals surface area contributed by atoms with Crippen LogP contribution in [0.15, 0.2) is 16.3 Å². The summed E-state index contributed by atoms with van der Waals surface area (Å²) in [6.07, 6.45) is 0.783. The fourth-order valence-electron chi connectivity index (χ4n) is 0.891. The van der Waals surface area contributed by atoms with E-state index in [9.17, 15) is 8.42 Å². The topological polar surface area (TPSA) is 46.2 Å². The van der Waals surface area contributed by atoms with E-state index in [0.717, 1.165) is 11.3 Å². The number of rotatable bonds is 5. The average Bonchev–Trinajstić information content (AvgIpc) is 2.63. The third kappa shape index (κ3) is 2.95. The molecule has 0 unspecified atom stereocenters. The lowest BCUT2D eigenvalue weighted by Crippen LogP contribution is -2.23. The van der Waals surface area contributed by atoms with Crippen molar-refractivity contribution in [3.63, 3.8) is 0 Å². The van der Waals surface area contributed by atoms with Crippen molar-refractivity contribution in [1.29, 1.82) is 0 Å². The van der Waals surface area contributed by atoms with Gasteiger partial charge in [0.15, 0.2) is 0 Å². The van der Waals surface area contributed by atoms with E-state index >= 15 is 0 Å². The highest BCUT2D eigenvalue weighted by atomic mass is 35.5. The molecule has 0 atom stereocenters. The van der Waals surface area contributed by atoms with Gasteiger partial charge in [0.05, 0.1) is 10.8 Å². The smallest absolute Gasteiger partial charge is 0.211 e. The van der Waals surface area contributed by atoms with Crippen LogP contribution in [0.3, 0.4) is 0 Å². The lowest BCUT2D eigenvalue weighted by atomic mass is 10.5. The minimum absolute atomic E-state index is 0.312. The monoisotopic (exact) mass is 253 g/mol. The lowest BCUT2D eigenvalue weighted by Gasteiger charge is -2.01. The average molecular weight is 254 g/mol. The molecule has 14 heavy (non-hydrogen) atoms. The first-order valence-corrected chi connectivity index (χ1v) is 7.13. The van der Waals surface area contributed by atoms with E-state index in [1.165, 1.54) is 11.3 Å². The minimum atomic E-state index is -3.31. The summed E-state index contributed by atoms with van der Waals surface area (Å²) in [5.41, 5.74) is 0. The molecule has 0 radical (unpaired) electrons. The quantitative estimate of drug-likeness (QED) is 0.818. The van der Waals surface area contributed by atoms with Crippen molar-refractivity contribution in [2.75, 3.05) is 6.54 Å². The van der Waals surface area contributed by atoms with Gasteiger partial charge in [-0.25, -0.2) is 13.1 Å². The molecule has 80 valence electrons. The second kappa shape index (κ2) is 5.11. The second-order valence-electron chi connectivity index (χ2n) is 2.78. The Balaban J connectivity index is 2.81. The van der Waals surface area contributed by atoms with E-state index in [4.69, 9.17) is 11.6 Å². The zero-order valence-electron chi connectivity index (χ0n) is 7.79. The highest BCUT2D eigenvalue weighted by molar-refractivity contribution is 7.89. The second-order valence-corrected chi connectivity index (χ2v) is 5.81. The minimum Gasteiger partial charge on any atom is -0.211 e. The molecule has 1 heterocycles. The number of sulfonamides is 1. The number of thiophene rings is 1. The molecule has 0 amide bonds. The molecule has 1 N–H and O–H groups in total. The summed E-state index contributed by atoms with van der Waals surface area (Å²) in [5, 5.41) is 1.61. The highest BCUT2D eigenvalue weighted by Crippen LogP contribution is 2.20. The maximum absolute atomic E-state index is 11.6. The molecule has 6 heteroatoms. The first-order chi connectivity index (χ1) is 6.60. The predicted molar refractivity (Wildman–Crippen MR) is 59.4 cm³/mol. The van der Waals surface area contributed by atoms with Gasteiger partial charge in [-0.1, -0.05) is 6.92 Å². The van der Waals surface area contributed by atoms with Crippen molar-refractivity contribution in [2.24, 2.45) is 0 Å². The Morgan fingerprint density at radius 3 is 2.79 bits per heavy atom. The van der Waals surface area contributed by atoms with E-state index in [1.807, 2.05) is 6.92 Å². The molecule has 3 nitrogen and oxygen atoms in total. The Morgan fingerprint density at radius 2 is 2.29 bits per heavy atom. The van der Waals surface area contributed by atoms with E-state index in [0.29, 0.717) is 17.3 Å². The predicted octanol–water partition coefficient (Wildman–Crippen LogP) is 2.18. The number of hydrogen-bond donors (Lipinski definition) is 1. The van der Waals surface area contributed by atoms with Gasteiger partial charge in [-0.2, -0.15) is 0 Å². The van der Waals surface area contributed by atoms with Crippen LogP contribution in [0.4, 0.5) is 0 Å². The molecule has 0 aliphatic heterocycles. The Labute approximate surface area is 93.1 Å². The van der Waals surface area contributed by atoms with Crippen LogP contribution in [-0.4, -0.2) is 15.0 Å². The third-order valence-corrected chi connectivity index (χ3v) is 4.59. The van der Waals surface area contributed by atoms with Crippen LogP contribution in [0.25, 0.3) is 0 Å². The van der Waals surface area contributed by atoms with Crippen LogP contribution in [0.2, 0.25) is 0 Å². The summed E-state index contributed by atoms with van der Waals surface area (Å²) in [4.78, 5) is 1.18. The Bertz CT molecular complexity index is 386. The van der Waals surface area contributed by atoms with Gasteiger partial charge in [0, 0.05) is 16.8 Å². The van der Waals surface area contributed by atoms with Crippen LogP contribution >= 0.6 is 22.9 Å². The summed E-state index contributed by atoms with van der Waals surface area (Å²) in [5.74, 6) is 0.355. The number of hydrogen-bond acceptors (Lipinski definition) is 3. The van der Waals surface area contributed by atoms with E-state index in [-0.39, 0.29) is 0 Å². The molecule has 0 aliphatic rings. The zero-order valence-corrected chi connectivity index (χ0v) is 10.2. The molecule has 0 fully saturated rings. The van der Waals surface area contributed by atoms with Gasteiger partial charge in [-0.05, 0) is 12.5 Å².